The Hall–Kier alpha value is -2.86. The Morgan fingerprint density at radius 2 is 1.84 bits per heavy atom. The molecule has 0 aliphatic heterocycles. The number of pyridine rings is 1. The molecule has 18 heteroatoms. The van der Waals surface area contributed by atoms with E-state index in [9.17, 15) is 40.0 Å². The molecule has 210 valence electrons. The predicted octanol–water partition coefficient (Wildman–Crippen LogP) is 2.98. The third-order valence-corrected chi connectivity index (χ3v) is 7.82. The van der Waals surface area contributed by atoms with E-state index in [0.29, 0.717) is 24.6 Å². The molecular formula is C20H23F5N6O5S2. The van der Waals surface area contributed by atoms with Crippen LogP contribution in [0.1, 0.15) is 42.6 Å². The third kappa shape index (κ3) is 8.59. The van der Waals surface area contributed by atoms with Crippen molar-refractivity contribution in [3.05, 3.63) is 24.0 Å². The first kappa shape index (κ1) is 29.7. The van der Waals surface area contributed by atoms with E-state index in [1.807, 2.05) is 0 Å². The van der Waals surface area contributed by atoms with Crippen molar-refractivity contribution in [3.63, 3.8) is 0 Å². The van der Waals surface area contributed by atoms with E-state index >= 15 is 0 Å². The average Bonchev–Trinajstić information content (AvgIpc) is 3.34. The van der Waals surface area contributed by atoms with E-state index in [1.165, 1.54) is 4.72 Å². The summed E-state index contributed by atoms with van der Waals surface area (Å²) in [5.74, 6) is -2.60. The van der Waals surface area contributed by atoms with Crippen LogP contribution >= 0.6 is 11.8 Å². The lowest BCUT2D eigenvalue weighted by Crippen LogP contribution is -2.49. The number of amides is 2. The topological polar surface area (TPSA) is 156 Å². The molecule has 1 saturated carbocycles. The highest BCUT2D eigenvalue weighted by Gasteiger charge is 2.34. The molecule has 1 aliphatic rings. The van der Waals surface area contributed by atoms with Crippen LogP contribution < -0.4 is 15.4 Å². The van der Waals surface area contributed by atoms with Gasteiger partial charge in [0.1, 0.15) is 23.3 Å². The number of carbonyl (C=O) groups excluding carboxylic acids is 2. The quantitative estimate of drug-likeness (QED) is 0.266. The molecule has 0 saturated heterocycles. The Morgan fingerprint density at radius 3 is 2.45 bits per heavy atom. The Labute approximate surface area is 217 Å². The van der Waals surface area contributed by atoms with Crippen molar-refractivity contribution in [1.82, 2.24) is 25.3 Å². The van der Waals surface area contributed by atoms with Crippen LogP contribution in [0.15, 0.2) is 32.9 Å². The van der Waals surface area contributed by atoms with E-state index in [0.717, 1.165) is 37.6 Å². The fourth-order valence-corrected chi connectivity index (χ4v) is 5.30. The monoisotopic (exact) mass is 586 g/mol. The second kappa shape index (κ2) is 12.8. The van der Waals surface area contributed by atoms with Gasteiger partial charge in [-0.3, -0.25) is 9.59 Å². The summed E-state index contributed by atoms with van der Waals surface area (Å²) in [6.07, 6.45) is -2.87. The zero-order valence-corrected chi connectivity index (χ0v) is 21.1. The van der Waals surface area contributed by atoms with Gasteiger partial charge in [0.2, 0.25) is 28.0 Å². The summed E-state index contributed by atoms with van der Waals surface area (Å²) in [6, 6.07) is 0.954. The summed E-state index contributed by atoms with van der Waals surface area (Å²) >= 11 is 0.566. The van der Waals surface area contributed by atoms with Crippen molar-refractivity contribution in [2.24, 2.45) is 5.92 Å². The van der Waals surface area contributed by atoms with Gasteiger partial charge in [-0.05, 0) is 41.2 Å². The highest BCUT2D eigenvalue weighted by atomic mass is 32.2. The van der Waals surface area contributed by atoms with Crippen LogP contribution in [0.3, 0.4) is 0 Å². The van der Waals surface area contributed by atoms with E-state index < -0.39 is 57.7 Å². The number of rotatable bonds is 11. The van der Waals surface area contributed by atoms with Gasteiger partial charge in [0.15, 0.2) is 5.03 Å². The van der Waals surface area contributed by atoms with Gasteiger partial charge in [-0.15, -0.1) is 0 Å². The van der Waals surface area contributed by atoms with Gasteiger partial charge in [0, 0.05) is 6.20 Å². The van der Waals surface area contributed by atoms with Crippen LogP contribution in [0.5, 0.6) is 0 Å². The summed E-state index contributed by atoms with van der Waals surface area (Å²) in [5.41, 5.74) is -0.358. The number of halogens is 5. The first-order valence-corrected chi connectivity index (χ1v) is 13.7. The molecule has 3 N–H and O–H groups in total. The second-order valence-corrected chi connectivity index (χ2v) is 11.1. The molecule has 38 heavy (non-hydrogen) atoms. The van der Waals surface area contributed by atoms with Crippen molar-refractivity contribution in [3.8, 4) is 0 Å². The number of nitrogens with one attached hydrogen (secondary N) is 3. The van der Waals surface area contributed by atoms with Crippen LogP contribution in [-0.4, -0.2) is 66.5 Å². The standard InChI is InChI=1S/C20H23F5N6O5S2/c21-13(22)9-37-19-16(30-36-31-19)18(33)29-15(11-4-2-1-3-5-11)17(32)28-14-7-6-12(8-26-14)38(34,35)27-10-20(23,24)25/h6-8,11,13,15,27H,1-5,9-10H2,(H,29,33)(H,26,28,32)/t15-/m0/s1. The molecular weight excluding hydrogens is 563 g/mol. The minimum absolute atomic E-state index is 0.115. The Balaban J connectivity index is 1.72. The van der Waals surface area contributed by atoms with Crippen LogP contribution in [-0.2, 0) is 14.8 Å². The zero-order valence-electron chi connectivity index (χ0n) is 19.5. The Kier molecular flexibility index (Phi) is 10.00. The molecule has 0 bridgehead atoms. The number of hydrogen-bond acceptors (Lipinski definition) is 9. The van der Waals surface area contributed by atoms with E-state index in [-0.39, 0.29) is 22.5 Å². The van der Waals surface area contributed by atoms with Crippen molar-refractivity contribution in [2.45, 2.75) is 60.7 Å². The fourth-order valence-electron chi connectivity index (χ4n) is 3.71. The highest BCUT2D eigenvalue weighted by molar-refractivity contribution is 7.99. The summed E-state index contributed by atoms with van der Waals surface area (Å²) in [5, 5.41) is 11.8. The molecule has 1 fully saturated rings. The summed E-state index contributed by atoms with van der Waals surface area (Å²) in [7, 11) is -4.50. The lowest BCUT2D eigenvalue weighted by Gasteiger charge is -2.29. The molecule has 1 atom stereocenters. The number of sulfonamides is 1. The predicted molar refractivity (Wildman–Crippen MR) is 123 cm³/mol. The maximum Gasteiger partial charge on any atom is 0.402 e. The van der Waals surface area contributed by atoms with Gasteiger partial charge in [-0.25, -0.2) is 31.5 Å². The van der Waals surface area contributed by atoms with Crippen LogP contribution in [0, 0.1) is 5.92 Å². The molecule has 2 amide bonds. The van der Waals surface area contributed by atoms with Gasteiger partial charge >= 0.3 is 6.18 Å². The van der Waals surface area contributed by atoms with Crippen molar-refractivity contribution in [1.29, 1.82) is 0 Å². The molecule has 0 radical (unpaired) electrons. The smallest absolute Gasteiger partial charge is 0.338 e. The van der Waals surface area contributed by atoms with Crippen molar-refractivity contribution < 1.29 is 44.6 Å². The SMILES string of the molecule is O=C(N[C@H](C(=O)Nc1ccc(S(=O)(=O)NCC(F)(F)F)cn1)C1CCCCC1)c1nonc1SCC(F)F. The first-order chi connectivity index (χ1) is 17.9. The number of aromatic nitrogens is 3. The number of anilines is 1. The summed E-state index contributed by atoms with van der Waals surface area (Å²) in [4.78, 5) is 29.2. The maximum absolute atomic E-state index is 13.1. The summed E-state index contributed by atoms with van der Waals surface area (Å²) < 4.78 is 92.1. The third-order valence-electron chi connectivity index (χ3n) is 5.47. The molecule has 2 heterocycles. The molecule has 3 rings (SSSR count). The molecule has 0 unspecified atom stereocenters. The molecule has 2 aromatic heterocycles. The Morgan fingerprint density at radius 1 is 1.13 bits per heavy atom. The Bertz CT molecular complexity index is 1200. The number of nitrogens with zero attached hydrogens (tertiary/aromatic N) is 3. The van der Waals surface area contributed by atoms with Crippen LogP contribution in [0.25, 0.3) is 0 Å². The molecule has 1 aliphatic carbocycles. The zero-order chi connectivity index (χ0) is 27.9. The maximum atomic E-state index is 13.1. The van der Waals surface area contributed by atoms with Crippen molar-refractivity contribution >= 4 is 39.4 Å². The number of hydrogen-bond donors (Lipinski definition) is 3. The summed E-state index contributed by atoms with van der Waals surface area (Å²) in [6.45, 7) is -1.76. The first-order valence-electron chi connectivity index (χ1n) is 11.2. The number of thioether (sulfide) groups is 1. The lowest BCUT2D eigenvalue weighted by molar-refractivity contribution is -0.121. The van der Waals surface area contributed by atoms with Crippen molar-refractivity contribution in [2.75, 3.05) is 17.6 Å². The molecule has 11 nitrogen and oxygen atoms in total. The second-order valence-electron chi connectivity index (χ2n) is 8.28. The number of carbonyl (C=O) groups is 2. The van der Waals surface area contributed by atoms with E-state index in [1.54, 1.807) is 0 Å². The normalized spacial score (nSPS) is 15.8. The van der Waals surface area contributed by atoms with Gasteiger partial charge in [-0.2, -0.15) is 13.2 Å². The van der Waals surface area contributed by atoms with Crippen LogP contribution in [0.4, 0.5) is 27.8 Å². The van der Waals surface area contributed by atoms with Gasteiger partial charge in [0.25, 0.3) is 5.91 Å². The van der Waals surface area contributed by atoms with E-state index in [2.05, 4.69) is 30.6 Å². The number of alkyl halides is 5. The van der Waals surface area contributed by atoms with Gasteiger partial charge < -0.3 is 10.6 Å². The average molecular weight is 587 g/mol. The highest BCUT2D eigenvalue weighted by Crippen LogP contribution is 2.28. The van der Waals surface area contributed by atoms with Crippen LogP contribution in [0.2, 0.25) is 0 Å². The molecule has 0 aromatic carbocycles. The minimum Gasteiger partial charge on any atom is -0.338 e. The lowest BCUT2D eigenvalue weighted by atomic mass is 9.83. The van der Waals surface area contributed by atoms with Gasteiger partial charge in [-0.1, -0.05) is 31.0 Å². The molecule has 2 aromatic rings. The minimum atomic E-state index is -4.75. The molecule has 0 spiro atoms. The largest absolute Gasteiger partial charge is 0.402 e. The van der Waals surface area contributed by atoms with Gasteiger partial charge in [0.05, 0.1) is 5.75 Å². The van der Waals surface area contributed by atoms with E-state index in [4.69, 9.17) is 0 Å². The fraction of sp³-hybridized carbons (Fsp3) is 0.550.